The molecule has 0 aromatic heterocycles. The van der Waals surface area contributed by atoms with Crippen LogP contribution in [0.2, 0.25) is 0 Å². The zero-order chi connectivity index (χ0) is 23.1. The third-order valence-electron chi connectivity index (χ3n) is 6.72. The first-order valence-corrected chi connectivity index (χ1v) is 10.8. The minimum absolute atomic E-state index is 0.00293. The normalized spacial score (nSPS) is 17.1. The SMILES string of the molecule is COc1c(C)c(/C(C)=C/c2ccc(C(=O)O)cc2)c(OC)c2c1C(C)(C)CCC2(C)C. The number of allylic oxidation sites excluding steroid dienone is 1. The van der Waals surface area contributed by atoms with Crippen molar-refractivity contribution in [1.29, 1.82) is 0 Å². The molecule has 2 aromatic rings. The number of carboxylic acids is 1. The summed E-state index contributed by atoms with van der Waals surface area (Å²) >= 11 is 0. The van der Waals surface area contributed by atoms with Crippen LogP contribution in [0.15, 0.2) is 24.3 Å². The van der Waals surface area contributed by atoms with Crippen LogP contribution in [0.1, 0.15) is 85.6 Å². The zero-order valence-electron chi connectivity index (χ0n) is 20.0. The van der Waals surface area contributed by atoms with Gasteiger partial charge in [-0.15, -0.1) is 0 Å². The quantitative estimate of drug-likeness (QED) is 0.550. The first-order valence-electron chi connectivity index (χ1n) is 10.8. The van der Waals surface area contributed by atoms with Crippen LogP contribution in [0, 0.1) is 6.92 Å². The molecule has 0 saturated heterocycles. The van der Waals surface area contributed by atoms with Gasteiger partial charge in [0.1, 0.15) is 11.5 Å². The first-order chi connectivity index (χ1) is 14.4. The maximum Gasteiger partial charge on any atom is 0.335 e. The van der Waals surface area contributed by atoms with Gasteiger partial charge in [0.25, 0.3) is 0 Å². The molecule has 0 fully saturated rings. The molecule has 3 rings (SSSR count). The Kier molecular flexibility index (Phi) is 5.96. The predicted molar refractivity (Wildman–Crippen MR) is 127 cm³/mol. The number of hydrogen-bond donors (Lipinski definition) is 1. The second-order valence-corrected chi connectivity index (χ2v) is 9.84. The fourth-order valence-electron chi connectivity index (χ4n) is 4.97. The smallest absolute Gasteiger partial charge is 0.335 e. The predicted octanol–water partition coefficient (Wildman–Crippen LogP) is 6.62. The Morgan fingerprint density at radius 2 is 1.42 bits per heavy atom. The third-order valence-corrected chi connectivity index (χ3v) is 6.72. The second-order valence-electron chi connectivity index (χ2n) is 9.84. The van der Waals surface area contributed by atoms with Gasteiger partial charge in [-0.3, -0.25) is 0 Å². The Morgan fingerprint density at radius 1 is 0.935 bits per heavy atom. The van der Waals surface area contributed by atoms with Gasteiger partial charge in [-0.2, -0.15) is 0 Å². The van der Waals surface area contributed by atoms with Crippen molar-refractivity contribution in [2.24, 2.45) is 0 Å². The molecule has 0 amide bonds. The minimum Gasteiger partial charge on any atom is -0.496 e. The van der Waals surface area contributed by atoms with Crippen LogP contribution in [0.5, 0.6) is 11.5 Å². The second kappa shape index (κ2) is 8.07. The molecule has 1 N–H and O–H groups in total. The van der Waals surface area contributed by atoms with Crippen molar-refractivity contribution in [3.63, 3.8) is 0 Å². The maximum absolute atomic E-state index is 11.2. The minimum atomic E-state index is -0.922. The maximum atomic E-state index is 11.2. The molecule has 1 aliphatic carbocycles. The average Bonchev–Trinajstić information content (AvgIpc) is 2.70. The van der Waals surface area contributed by atoms with Gasteiger partial charge < -0.3 is 14.6 Å². The van der Waals surface area contributed by atoms with Crippen molar-refractivity contribution in [3.05, 3.63) is 57.6 Å². The van der Waals surface area contributed by atoms with Crippen molar-refractivity contribution in [2.75, 3.05) is 14.2 Å². The Bertz CT molecular complexity index is 1040. The molecule has 4 heteroatoms. The molecule has 166 valence electrons. The van der Waals surface area contributed by atoms with Crippen LogP contribution >= 0.6 is 0 Å². The third kappa shape index (κ3) is 3.96. The Morgan fingerprint density at radius 3 is 1.87 bits per heavy atom. The van der Waals surface area contributed by atoms with E-state index in [2.05, 4.69) is 47.6 Å². The molecule has 4 nitrogen and oxygen atoms in total. The molecule has 0 aliphatic heterocycles. The van der Waals surface area contributed by atoms with Gasteiger partial charge in [0.15, 0.2) is 0 Å². The fraction of sp³-hybridized carbons (Fsp3) is 0.444. The van der Waals surface area contributed by atoms with E-state index in [0.717, 1.165) is 46.6 Å². The number of aromatic carboxylic acids is 1. The number of fused-ring (bicyclic) bond motifs is 1. The van der Waals surface area contributed by atoms with Gasteiger partial charge in [-0.25, -0.2) is 4.79 Å². The molecule has 0 unspecified atom stereocenters. The Labute approximate surface area is 185 Å². The lowest BCUT2D eigenvalue weighted by atomic mass is 9.61. The average molecular weight is 423 g/mol. The van der Waals surface area contributed by atoms with Crippen molar-refractivity contribution in [1.82, 2.24) is 0 Å². The molecular formula is C27H34O4. The van der Waals surface area contributed by atoms with Gasteiger partial charge in [0.05, 0.1) is 19.8 Å². The van der Waals surface area contributed by atoms with Crippen LogP contribution in [0.3, 0.4) is 0 Å². The molecular weight excluding hydrogens is 388 g/mol. The highest BCUT2D eigenvalue weighted by Gasteiger charge is 2.43. The van der Waals surface area contributed by atoms with Gasteiger partial charge in [-0.05, 0) is 60.8 Å². The molecule has 0 atom stereocenters. The number of ether oxygens (including phenoxy) is 2. The summed E-state index contributed by atoms with van der Waals surface area (Å²) in [6.45, 7) is 13.3. The van der Waals surface area contributed by atoms with E-state index in [1.54, 1.807) is 26.4 Å². The van der Waals surface area contributed by atoms with E-state index < -0.39 is 5.97 Å². The van der Waals surface area contributed by atoms with Gasteiger partial charge in [-0.1, -0.05) is 45.9 Å². The summed E-state index contributed by atoms with van der Waals surface area (Å²) in [6.07, 6.45) is 4.24. The van der Waals surface area contributed by atoms with Crippen molar-refractivity contribution in [3.8, 4) is 11.5 Å². The van der Waals surface area contributed by atoms with Gasteiger partial charge >= 0.3 is 5.97 Å². The molecule has 0 bridgehead atoms. The highest BCUT2D eigenvalue weighted by molar-refractivity contribution is 5.90. The zero-order valence-corrected chi connectivity index (χ0v) is 20.0. The molecule has 0 spiro atoms. The molecule has 0 saturated carbocycles. The fourth-order valence-corrected chi connectivity index (χ4v) is 4.97. The molecule has 2 aromatic carbocycles. The van der Waals surface area contributed by atoms with Crippen molar-refractivity contribution >= 4 is 17.6 Å². The summed E-state index contributed by atoms with van der Waals surface area (Å²) in [5.41, 5.74) is 6.85. The summed E-state index contributed by atoms with van der Waals surface area (Å²) in [6, 6.07) is 6.92. The van der Waals surface area contributed by atoms with E-state index in [1.807, 2.05) is 12.1 Å². The Balaban J connectivity index is 2.29. The Hall–Kier alpha value is -2.75. The lowest BCUT2D eigenvalue weighted by Crippen LogP contribution is -2.35. The van der Waals surface area contributed by atoms with Crippen LogP contribution in [-0.2, 0) is 10.8 Å². The van der Waals surface area contributed by atoms with E-state index in [1.165, 1.54) is 11.1 Å². The van der Waals surface area contributed by atoms with Gasteiger partial charge in [0, 0.05) is 22.3 Å². The number of benzene rings is 2. The molecule has 31 heavy (non-hydrogen) atoms. The van der Waals surface area contributed by atoms with Crippen LogP contribution < -0.4 is 9.47 Å². The monoisotopic (exact) mass is 422 g/mol. The van der Waals surface area contributed by atoms with E-state index in [-0.39, 0.29) is 16.4 Å². The lowest BCUT2D eigenvalue weighted by molar-refractivity contribution is 0.0697. The van der Waals surface area contributed by atoms with E-state index in [0.29, 0.717) is 0 Å². The number of carbonyl (C=O) groups is 1. The largest absolute Gasteiger partial charge is 0.496 e. The highest BCUT2D eigenvalue weighted by atomic mass is 16.5. The number of methoxy groups -OCH3 is 2. The summed E-state index contributed by atoms with van der Waals surface area (Å²) in [7, 11) is 3.50. The number of carboxylic acid groups (broad SMARTS) is 1. The standard InChI is InChI=1S/C27H34O4/c1-16(15-18-9-11-19(12-10-18)25(28)29)20-17(2)23(30-7)21-22(24(20)31-8)27(5,6)14-13-26(21,3)4/h9-12,15H,13-14H2,1-8H3,(H,28,29)/b16-15+. The van der Waals surface area contributed by atoms with Crippen LogP contribution in [-0.4, -0.2) is 25.3 Å². The number of rotatable bonds is 5. The van der Waals surface area contributed by atoms with Crippen molar-refractivity contribution in [2.45, 2.75) is 65.2 Å². The number of hydrogen-bond acceptors (Lipinski definition) is 3. The van der Waals surface area contributed by atoms with E-state index >= 15 is 0 Å². The van der Waals surface area contributed by atoms with Crippen LogP contribution in [0.4, 0.5) is 0 Å². The topological polar surface area (TPSA) is 55.8 Å². The molecule has 0 heterocycles. The van der Waals surface area contributed by atoms with E-state index in [4.69, 9.17) is 14.6 Å². The lowest BCUT2D eigenvalue weighted by Gasteiger charge is -2.44. The molecule has 0 radical (unpaired) electrons. The first kappa shape index (κ1) is 22.9. The molecule has 1 aliphatic rings. The summed E-state index contributed by atoms with van der Waals surface area (Å²) in [5, 5.41) is 9.16. The van der Waals surface area contributed by atoms with Crippen LogP contribution in [0.25, 0.3) is 11.6 Å². The van der Waals surface area contributed by atoms with Gasteiger partial charge in [0.2, 0.25) is 0 Å². The summed E-state index contributed by atoms with van der Waals surface area (Å²) in [5.74, 6) is 0.938. The van der Waals surface area contributed by atoms with E-state index in [9.17, 15) is 4.79 Å². The highest BCUT2D eigenvalue weighted by Crippen LogP contribution is 2.56. The summed E-state index contributed by atoms with van der Waals surface area (Å²) < 4.78 is 12.1. The van der Waals surface area contributed by atoms with Crippen molar-refractivity contribution < 1.29 is 19.4 Å². The summed E-state index contributed by atoms with van der Waals surface area (Å²) in [4.78, 5) is 11.2.